The lowest BCUT2D eigenvalue weighted by molar-refractivity contribution is 0.272. The number of unbranched alkanes of at least 4 members (excludes halogenated alkanes) is 1. The normalized spacial score (nSPS) is 8.14. The first-order chi connectivity index (χ1) is 3.41. The lowest BCUT2D eigenvalue weighted by Gasteiger charge is -2.03. The second kappa shape index (κ2) is 5.47. The van der Waals surface area contributed by atoms with Crippen LogP contribution in [-0.2, 0) is 9.53 Å². The van der Waals surface area contributed by atoms with E-state index in [1.807, 2.05) is 6.92 Å². The summed E-state index contributed by atoms with van der Waals surface area (Å²) in [5.41, 5.74) is 0. The van der Waals surface area contributed by atoms with Gasteiger partial charge in [0.05, 0.1) is 0 Å². The van der Waals surface area contributed by atoms with Crippen LogP contribution in [0.3, 0.4) is 0 Å². The molecule has 0 aliphatic carbocycles. The Labute approximate surface area is 43.5 Å². The van der Waals surface area contributed by atoms with Gasteiger partial charge in [0.25, 0.3) is 0 Å². The number of hydrogen-bond acceptors (Lipinski definition) is 2. The summed E-state index contributed by atoms with van der Waals surface area (Å²) < 4.78 is 4.27. The molecule has 0 atom stereocenters. The van der Waals surface area contributed by atoms with Gasteiger partial charge in [-0.15, -0.1) is 0 Å². The van der Waals surface area contributed by atoms with Crippen LogP contribution < -0.4 is 0 Å². The highest BCUT2D eigenvalue weighted by molar-refractivity contribution is 5.37. The molecule has 0 aromatic carbocycles. The van der Waals surface area contributed by atoms with Crippen molar-refractivity contribution in [3.8, 4) is 0 Å². The van der Waals surface area contributed by atoms with Crippen LogP contribution >= 0.6 is 0 Å². The highest BCUT2D eigenvalue weighted by Crippen LogP contribution is 1.83. The molecule has 0 saturated carbocycles. The van der Waals surface area contributed by atoms with Gasteiger partial charge < -0.3 is 9.53 Å². The summed E-state index contributed by atoms with van der Waals surface area (Å²) in [6.07, 6.45) is 2.00. The Balaban J connectivity index is 2.56. The highest BCUT2D eigenvalue weighted by atomic mass is 16.5. The zero-order chi connectivity index (χ0) is 5.54. The maximum atomic E-state index is 9.33. The van der Waals surface area contributed by atoms with Crippen LogP contribution in [0.25, 0.3) is 0 Å². The Morgan fingerprint density at radius 1 is 1.71 bits per heavy atom. The Morgan fingerprint density at radius 3 is 2.86 bits per heavy atom. The summed E-state index contributed by atoms with van der Waals surface area (Å²) >= 11 is 0. The van der Waals surface area contributed by atoms with E-state index in [0.29, 0.717) is 6.61 Å². The summed E-state index contributed by atoms with van der Waals surface area (Å²) in [4.78, 5) is 9.33. The molecule has 0 spiro atoms. The Kier molecular flexibility index (Phi) is 5.06. The lowest BCUT2D eigenvalue weighted by Crippen LogP contribution is -1.88. The second-order valence-corrected chi connectivity index (χ2v) is 1.29. The van der Waals surface area contributed by atoms with E-state index in [1.54, 1.807) is 0 Å². The number of carbonyl (C=O) groups excluding carboxylic acids is 1. The molecule has 0 N–H and O–H groups in total. The third kappa shape index (κ3) is 5.47. The first-order valence-corrected chi connectivity index (χ1v) is 2.40. The molecule has 2 nitrogen and oxygen atoms in total. The molecule has 0 radical (unpaired) electrons. The van der Waals surface area contributed by atoms with E-state index < -0.39 is 0 Å². The average Bonchev–Trinajstić information content (AvgIpc) is 1.69. The van der Waals surface area contributed by atoms with E-state index in [1.165, 1.54) is 6.47 Å². The molecule has 0 amide bonds. The van der Waals surface area contributed by atoms with Gasteiger partial charge in [0.2, 0.25) is 0 Å². The Morgan fingerprint density at radius 2 is 2.43 bits per heavy atom. The summed E-state index contributed by atoms with van der Waals surface area (Å²) in [6, 6.07) is 0. The van der Waals surface area contributed by atoms with E-state index in [4.69, 9.17) is 0 Å². The minimum atomic E-state index is 0.514. The van der Waals surface area contributed by atoms with Gasteiger partial charge in [-0.2, -0.15) is 0 Å². The van der Waals surface area contributed by atoms with Crippen LogP contribution in [-0.4, -0.2) is 13.1 Å². The predicted molar refractivity (Wildman–Crippen MR) is 26.6 cm³/mol. The van der Waals surface area contributed by atoms with Crippen LogP contribution in [0, 0.1) is 0 Å². The van der Waals surface area contributed by atoms with Crippen LogP contribution in [0.15, 0.2) is 0 Å². The summed E-state index contributed by atoms with van der Waals surface area (Å²) in [5.74, 6) is 0. The smallest absolute Gasteiger partial charge is 0.0480 e. The van der Waals surface area contributed by atoms with Crippen molar-refractivity contribution in [3.05, 3.63) is 0 Å². The van der Waals surface area contributed by atoms with Gasteiger partial charge in [0, 0.05) is 6.61 Å². The van der Waals surface area contributed by atoms with Crippen molar-refractivity contribution in [1.82, 2.24) is 0 Å². The van der Waals surface area contributed by atoms with E-state index in [2.05, 4.69) is 4.74 Å². The van der Waals surface area contributed by atoms with Crippen molar-refractivity contribution in [2.24, 2.45) is 0 Å². The van der Waals surface area contributed by atoms with Crippen LogP contribution in [0.2, 0.25) is 0 Å². The third-order valence-electron chi connectivity index (χ3n) is 0.659. The molecule has 0 aliphatic heterocycles. The van der Waals surface area contributed by atoms with Gasteiger partial charge in [-0.1, -0.05) is 19.8 Å². The Hall–Kier alpha value is -0.530. The molecule has 0 heterocycles. The SMILES string of the molecule is CCCCO[C-]=O. The predicted octanol–water partition coefficient (Wildman–Crippen LogP) is 0.870. The fourth-order valence-electron chi connectivity index (χ4n) is 0.258. The van der Waals surface area contributed by atoms with Gasteiger partial charge in [-0.25, -0.2) is 0 Å². The van der Waals surface area contributed by atoms with Crippen molar-refractivity contribution in [2.45, 2.75) is 19.8 Å². The van der Waals surface area contributed by atoms with Gasteiger partial charge in [0.1, 0.15) is 0 Å². The summed E-state index contributed by atoms with van der Waals surface area (Å²) in [6.45, 7) is 3.90. The monoisotopic (exact) mass is 101 g/mol. The van der Waals surface area contributed by atoms with E-state index >= 15 is 0 Å². The minimum absolute atomic E-state index is 0.514. The third-order valence-corrected chi connectivity index (χ3v) is 0.659. The van der Waals surface area contributed by atoms with Crippen molar-refractivity contribution < 1.29 is 9.53 Å². The first-order valence-electron chi connectivity index (χ1n) is 2.40. The van der Waals surface area contributed by atoms with Gasteiger partial charge in [0.15, 0.2) is 0 Å². The average molecular weight is 101 g/mol. The molecular formula is C5H9O2-. The largest absolute Gasteiger partial charge is 0.653 e. The molecule has 7 heavy (non-hydrogen) atoms. The molecule has 0 saturated heterocycles. The maximum absolute atomic E-state index is 9.33. The number of rotatable bonds is 4. The zero-order valence-electron chi connectivity index (χ0n) is 4.44. The molecule has 0 aliphatic rings. The van der Waals surface area contributed by atoms with E-state index in [0.717, 1.165) is 12.8 Å². The van der Waals surface area contributed by atoms with Crippen molar-refractivity contribution in [2.75, 3.05) is 6.61 Å². The molecule has 0 unspecified atom stereocenters. The number of ether oxygens (including phenoxy) is 1. The molecule has 0 aromatic rings. The van der Waals surface area contributed by atoms with Crippen LogP contribution in [0.1, 0.15) is 19.8 Å². The van der Waals surface area contributed by atoms with E-state index in [-0.39, 0.29) is 0 Å². The van der Waals surface area contributed by atoms with Crippen LogP contribution in [0.4, 0.5) is 0 Å². The maximum Gasteiger partial charge on any atom is 0.0480 e. The fraction of sp³-hybridized carbons (Fsp3) is 0.800. The van der Waals surface area contributed by atoms with E-state index in [9.17, 15) is 4.79 Å². The van der Waals surface area contributed by atoms with Gasteiger partial charge >= 0.3 is 0 Å². The lowest BCUT2D eigenvalue weighted by atomic mass is 10.4. The second-order valence-electron chi connectivity index (χ2n) is 1.29. The standard InChI is InChI=1S/C5H9O2/c1-2-3-4-7-5-6/h2-4H2,1H3/q-1. The van der Waals surface area contributed by atoms with Crippen molar-refractivity contribution in [3.63, 3.8) is 0 Å². The molecular weight excluding hydrogens is 92.1 g/mol. The Bertz CT molecular complexity index is 43.3. The zero-order valence-corrected chi connectivity index (χ0v) is 4.44. The molecule has 0 bridgehead atoms. The van der Waals surface area contributed by atoms with Gasteiger partial charge in [-0.05, 0) is 6.42 Å². The molecule has 0 rings (SSSR count). The minimum Gasteiger partial charge on any atom is -0.653 e. The van der Waals surface area contributed by atoms with Crippen molar-refractivity contribution >= 4 is 6.47 Å². The quantitative estimate of drug-likeness (QED) is 0.388. The van der Waals surface area contributed by atoms with Gasteiger partial charge in [-0.3, -0.25) is 0 Å². The first kappa shape index (κ1) is 6.47. The summed E-state index contributed by atoms with van der Waals surface area (Å²) in [5, 5.41) is 0. The summed E-state index contributed by atoms with van der Waals surface area (Å²) in [7, 11) is 0. The molecule has 0 aromatic heterocycles. The highest BCUT2D eigenvalue weighted by Gasteiger charge is 1.72. The molecule has 0 fully saturated rings. The number of hydrogen-bond donors (Lipinski definition) is 0. The molecule has 42 valence electrons. The topological polar surface area (TPSA) is 26.3 Å². The molecule has 2 heteroatoms. The van der Waals surface area contributed by atoms with Crippen molar-refractivity contribution in [1.29, 1.82) is 0 Å². The van der Waals surface area contributed by atoms with Crippen LogP contribution in [0.5, 0.6) is 0 Å². The fourth-order valence-corrected chi connectivity index (χ4v) is 0.258.